The minimum absolute atomic E-state index is 0.0451. The highest BCUT2D eigenvalue weighted by Crippen LogP contribution is 2.15. The van der Waals surface area contributed by atoms with Crippen molar-refractivity contribution in [2.75, 3.05) is 12.3 Å². The predicted octanol–water partition coefficient (Wildman–Crippen LogP) is 2.28. The average Bonchev–Trinajstić information content (AvgIpc) is 2.78. The molecule has 0 bridgehead atoms. The highest BCUT2D eigenvalue weighted by molar-refractivity contribution is 7.13. The summed E-state index contributed by atoms with van der Waals surface area (Å²) in [6.45, 7) is 0.548. The number of nitrogens with two attached hydrogens (primary N) is 1. The van der Waals surface area contributed by atoms with Crippen molar-refractivity contribution in [1.82, 2.24) is 10.3 Å². The van der Waals surface area contributed by atoms with Gasteiger partial charge in [-0.25, -0.2) is 4.98 Å². The Hall–Kier alpha value is -1.59. The van der Waals surface area contributed by atoms with E-state index in [1.807, 2.05) is 23.6 Å². The lowest BCUT2D eigenvalue weighted by molar-refractivity contribution is -0.120. The number of amides is 1. The molecule has 4 nitrogen and oxygen atoms in total. The van der Waals surface area contributed by atoms with Crippen LogP contribution in [-0.2, 0) is 17.6 Å². The van der Waals surface area contributed by atoms with Gasteiger partial charge in [0.25, 0.3) is 0 Å². The molecule has 0 aliphatic rings. The normalized spacial score (nSPS) is 10.4. The fourth-order valence-corrected chi connectivity index (χ4v) is 2.44. The quantitative estimate of drug-likeness (QED) is 0.889. The van der Waals surface area contributed by atoms with E-state index in [9.17, 15) is 4.79 Å². The highest BCUT2D eigenvalue weighted by Gasteiger charge is 2.06. The number of hydrogen-bond donors (Lipinski definition) is 2. The molecule has 0 aliphatic heterocycles. The Balaban J connectivity index is 1.77. The van der Waals surface area contributed by atoms with Crippen molar-refractivity contribution in [1.29, 1.82) is 0 Å². The van der Waals surface area contributed by atoms with Gasteiger partial charge in [-0.15, -0.1) is 11.3 Å². The van der Waals surface area contributed by atoms with E-state index in [0.717, 1.165) is 11.3 Å². The first-order chi connectivity index (χ1) is 9.15. The van der Waals surface area contributed by atoms with Crippen LogP contribution in [0, 0.1) is 0 Å². The Morgan fingerprint density at radius 1 is 1.42 bits per heavy atom. The molecule has 0 saturated heterocycles. The summed E-state index contributed by atoms with van der Waals surface area (Å²) in [5.74, 6) is -0.0451. The van der Waals surface area contributed by atoms with Crippen molar-refractivity contribution in [3.05, 3.63) is 45.9 Å². The fourth-order valence-electron chi connectivity index (χ4n) is 1.64. The number of carbonyl (C=O) groups excluding carboxylic acids is 1. The van der Waals surface area contributed by atoms with Crippen molar-refractivity contribution in [2.45, 2.75) is 12.8 Å². The molecule has 0 fully saturated rings. The van der Waals surface area contributed by atoms with Crippen LogP contribution in [0.5, 0.6) is 0 Å². The van der Waals surface area contributed by atoms with Crippen LogP contribution >= 0.6 is 22.9 Å². The van der Waals surface area contributed by atoms with Gasteiger partial charge < -0.3 is 11.1 Å². The number of hydrogen-bond acceptors (Lipinski definition) is 4. The third-order valence-corrected chi connectivity index (χ3v) is 3.67. The Morgan fingerprint density at radius 3 is 2.89 bits per heavy atom. The zero-order valence-corrected chi connectivity index (χ0v) is 11.8. The van der Waals surface area contributed by atoms with Crippen LogP contribution in [0.25, 0.3) is 0 Å². The van der Waals surface area contributed by atoms with Gasteiger partial charge in [0.05, 0.1) is 12.1 Å². The third-order valence-electron chi connectivity index (χ3n) is 2.58. The number of aromatic nitrogens is 1. The number of rotatable bonds is 5. The number of benzene rings is 1. The minimum Gasteiger partial charge on any atom is -0.375 e. The molecule has 1 aromatic carbocycles. The zero-order chi connectivity index (χ0) is 13.7. The molecule has 2 rings (SSSR count). The number of nitrogens with zero attached hydrogens (tertiary/aromatic N) is 1. The van der Waals surface area contributed by atoms with Gasteiger partial charge in [-0.2, -0.15) is 0 Å². The molecule has 3 N–H and O–H groups in total. The molecule has 0 atom stereocenters. The van der Waals surface area contributed by atoms with E-state index in [0.29, 0.717) is 29.5 Å². The largest absolute Gasteiger partial charge is 0.375 e. The van der Waals surface area contributed by atoms with Gasteiger partial charge in [-0.05, 0) is 11.6 Å². The van der Waals surface area contributed by atoms with Crippen LogP contribution in [-0.4, -0.2) is 17.4 Å². The first-order valence-electron chi connectivity index (χ1n) is 5.85. The first kappa shape index (κ1) is 13.8. The second kappa shape index (κ2) is 6.54. The summed E-state index contributed by atoms with van der Waals surface area (Å²) in [6, 6.07) is 7.34. The maximum Gasteiger partial charge on any atom is 0.224 e. The Kier molecular flexibility index (Phi) is 4.76. The van der Waals surface area contributed by atoms with Crippen LogP contribution in [0.1, 0.15) is 11.3 Å². The van der Waals surface area contributed by atoms with Crippen molar-refractivity contribution >= 4 is 34.0 Å². The second-order valence-electron chi connectivity index (χ2n) is 4.05. The van der Waals surface area contributed by atoms with Crippen LogP contribution in [0.2, 0.25) is 5.02 Å². The highest BCUT2D eigenvalue weighted by atomic mass is 35.5. The van der Waals surface area contributed by atoms with Gasteiger partial charge in [0.1, 0.15) is 0 Å². The molecular weight excluding hydrogens is 282 g/mol. The standard InChI is InChI=1S/C13H14ClN3OS/c14-11-4-2-1-3-9(11)7-12(18)16-6-5-10-8-19-13(15)17-10/h1-4,8H,5-7H2,(H2,15,17)(H,16,18). The van der Waals surface area contributed by atoms with E-state index in [1.54, 1.807) is 6.07 Å². The molecule has 0 spiro atoms. The summed E-state index contributed by atoms with van der Waals surface area (Å²) in [5.41, 5.74) is 7.27. The number of anilines is 1. The fraction of sp³-hybridized carbons (Fsp3) is 0.231. The Morgan fingerprint density at radius 2 is 2.21 bits per heavy atom. The minimum atomic E-state index is -0.0451. The summed E-state index contributed by atoms with van der Waals surface area (Å²) >= 11 is 7.40. The number of nitrogen functional groups attached to an aromatic ring is 1. The van der Waals surface area contributed by atoms with E-state index in [1.165, 1.54) is 11.3 Å². The molecule has 0 saturated carbocycles. The van der Waals surface area contributed by atoms with Gasteiger partial charge in [0.2, 0.25) is 5.91 Å². The average molecular weight is 296 g/mol. The number of thiazole rings is 1. The number of halogens is 1. The van der Waals surface area contributed by atoms with Crippen LogP contribution in [0.15, 0.2) is 29.6 Å². The lowest BCUT2D eigenvalue weighted by Gasteiger charge is -2.05. The maximum atomic E-state index is 11.7. The van der Waals surface area contributed by atoms with E-state index in [4.69, 9.17) is 17.3 Å². The first-order valence-corrected chi connectivity index (χ1v) is 7.11. The lowest BCUT2D eigenvalue weighted by atomic mass is 10.1. The summed E-state index contributed by atoms with van der Waals surface area (Å²) < 4.78 is 0. The van der Waals surface area contributed by atoms with Gasteiger partial charge in [0.15, 0.2) is 5.13 Å². The summed E-state index contributed by atoms with van der Waals surface area (Å²) in [7, 11) is 0. The molecule has 2 aromatic rings. The summed E-state index contributed by atoms with van der Waals surface area (Å²) in [6.07, 6.45) is 0.973. The zero-order valence-electron chi connectivity index (χ0n) is 10.2. The number of carbonyl (C=O) groups is 1. The maximum absolute atomic E-state index is 11.7. The van der Waals surface area contributed by atoms with Crippen molar-refractivity contribution in [3.63, 3.8) is 0 Å². The molecule has 0 unspecified atom stereocenters. The monoisotopic (exact) mass is 295 g/mol. The smallest absolute Gasteiger partial charge is 0.224 e. The van der Waals surface area contributed by atoms with Gasteiger partial charge in [0, 0.05) is 23.4 Å². The lowest BCUT2D eigenvalue weighted by Crippen LogP contribution is -2.27. The van der Waals surface area contributed by atoms with Crippen molar-refractivity contribution < 1.29 is 4.79 Å². The van der Waals surface area contributed by atoms with Gasteiger partial charge >= 0.3 is 0 Å². The number of nitrogens with one attached hydrogen (secondary N) is 1. The molecule has 0 radical (unpaired) electrons. The van der Waals surface area contributed by atoms with Gasteiger partial charge in [-0.1, -0.05) is 29.8 Å². The van der Waals surface area contributed by atoms with Crippen LogP contribution in [0.3, 0.4) is 0 Å². The molecule has 19 heavy (non-hydrogen) atoms. The summed E-state index contributed by atoms with van der Waals surface area (Å²) in [5, 5.41) is 5.91. The summed E-state index contributed by atoms with van der Waals surface area (Å²) in [4.78, 5) is 15.9. The van der Waals surface area contributed by atoms with Crippen LogP contribution < -0.4 is 11.1 Å². The Labute approximate surface area is 120 Å². The van der Waals surface area contributed by atoms with Crippen molar-refractivity contribution in [3.8, 4) is 0 Å². The second-order valence-corrected chi connectivity index (χ2v) is 5.34. The third kappa shape index (κ3) is 4.22. The molecule has 1 heterocycles. The predicted molar refractivity (Wildman–Crippen MR) is 78.4 cm³/mol. The molecule has 1 amide bonds. The molecular formula is C13H14ClN3OS. The van der Waals surface area contributed by atoms with E-state index >= 15 is 0 Å². The van der Waals surface area contributed by atoms with Gasteiger partial charge in [-0.3, -0.25) is 4.79 Å². The topological polar surface area (TPSA) is 68.0 Å². The molecule has 0 aliphatic carbocycles. The van der Waals surface area contributed by atoms with Crippen molar-refractivity contribution in [2.24, 2.45) is 0 Å². The van der Waals surface area contributed by atoms with E-state index in [2.05, 4.69) is 10.3 Å². The molecule has 6 heteroatoms. The molecule has 100 valence electrons. The Bertz CT molecular complexity index is 571. The molecule has 1 aromatic heterocycles. The SMILES string of the molecule is Nc1nc(CCNC(=O)Cc2ccccc2Cl)cs1. The van der Waals surface area contributed by atoms with Crippen LogP contribution in [0.4, 0.5) is 5.13 Å². The van der Waals surface area contributed by atoms with E-state index < -0.39 is 0 Å². The van der Waals surface area contributed by atoms with E-state index in [-0.39, 0.29) is 5.91 Å².